The minimum atomic E-state index is -0.162. The van der Waals surface area contributed by atoms with Gasteiger partial charge in [-0.3, -0.25) is 4.79 Å². The van der Waals surface area contributed by atoms with Gasteiger partial charge in [0.2, 0.25) is 0 Å². The van der Waals surface area contributed by atoms with Gasteiger partial charge >= 0.3 is 5.97 Å². The molecule has 0 bridgehead atoms. The summed E-state index contributed by atoms with van der Waals surface area (Å²) in [4.78, 5) is 11.8. The van der Waals surface area contributed by atoms with Gasteiger partial charge in [0.1, 0.15) is 5.75 Å². The lowest BCUT2D eigenvalue weighted by molar-refractivity contribution is -0.134. The third-order valence-corrected chi connectivity index (χ3v) is 4.46. The first-order chi connectivity index (χ1) is 14.2. The number of hydrogen-bond acceptors (Lipinski definition) is 2. The molecule has 1 aromatic carbocycles. The van der Waals surface area contributed by atoms with Gasteiger partial charge in [0, 0.05) is 6.42 Å². The SMILES string of the molecule is CCCCCC=CCC=CCC=CCC=CCCCC(=O)Oc1ccc(C)cc1. The van der Waals surface area contributed by atoms with Crippen LogP contribution in [-0.4, -0.2) is 5.97 Å². The molecule has 1 aromatic rings. The van der Waals surface area contributed by atoms with Crippen LogP contribution in [0.2, 0.25) is 0 Å². The van der Waals surface area contributed by atoms with Crippen molar-refractivity contribution in [2.24, 2.45) is 0 Å². The van der Waals surface area contributed by atoms with E-state index in [1.807, 2.05) is 31.2 Å². The third kappa shape index (κ3) is 15.3. The summed E-state index contributed by atoms with van der Waals surface area (Å²) in [5, 5.41) is 0. The molecular formula is C27H38O2. The standard InChI is InChI=1S/C27H38O2/c1-3-4-5-6-7-8-9-10-11-12-13-14-15-16-17-18-19-20-27(28)29-26-23-21-25(2)22-24-26/h7-8,10-11,13-14,16-17,21-24H,3-6,9,12,15,18-20H2,1-2H3. The molecule has 158 valence electrons. The number of unbranched alkanes of at least 4 members (excludes halogenated alkanes) is 4. The Hall–Kier alpha value is -2.35. The molecule has 0 atom stereocenters. The Labute approximate surface area is 178 Å². The normalized spacial score (nSPS) is 12.1. The van der Waals surface area contributed by atoms with E-state index in [1.165, 1.54) is 25.7 Å². The second-order valence-electron chi connectivity index (χ2n) is 7.27. The summed E-state index contributed by atoms with van der Waals surface area (Å²) in [6.07, 6.45) is 28.0. The Balaban J connectivity index is 1.98. The number of carbonyl (C=O) groups excluding carboxylic acids is 1. The fourth-order valence-electron chi connectivity index (χ4n) is 2.71. The van der Waals surface area contributed by atoms with Crippen LogP contribution in [0.3, 0.4) is 0 Å². The van der Waals surface area contributed by atoms with Crippen LogP contribution in [-0.2, 0) is 4.79 Å². The molecule has 0 aliphatic heterocycles. The first-order valence-corrected chi connectivity index (χ1v) is 11.1. The van der Waals surface area contributed by atoms with Gasteiger partial charge < -0.3 is 4.74 Å². The van der Waals surface area contributed by atoms with Gasteiger partial charge in [-0.25, -0.2) is 0 Å². The number of hydrogen-bond donors (Lipinski definition) is 0. The van der Waals surface area contributed by atoms with E-state index < -0.39 is 0 Å². The van der Waals surface area contributed by atoms with Crippen LogP contribution in [0.25, 0.3) is 0 Å². The molecule has 0 radical (unpaired) electrons. The molecule has 0 saturated heterocycles. The van der Waals surface area contributed by atoms with Gasteiger partial charge in [-0.05, 0) is 64.0 Å². The van der Waals surface area contributed by atoms with Crippen molar-refractivity contribution in [2.75, 3.05) is 0 Å². The maximum absolute atomic E-state index is 11.8. The third-order valence-electron chi connectivity index (χ3n) is 4.46. The molecule has 0 spiro atoms. The Morgan fingerprint density at radius 1 is 0.759 bits per heavy atom. The van der Waals surface area contributed by atoms with Crippen LogP contribution in [0.5, 0.6) is 5.75 Å². The molecule has 29 heavy (non-hydrogen) atoms. The highest BCUT2D eigenvalue weighted by molar-refractivity contribution is 5.72. The van der Waals surface area contributed by atoms with Gasteiger partial charge in [0.15, 0.2) is 0 Å². The Morgan fingerprint density at radius 3 is 1.83 bits per heavy atom. The number of benzene rings is 1. The first kappa shape index (κ1) is 24.7. The predicted molar refractivity (Wildman–Crippen MR) is 125 cm³/mol. The van der Waals surface area contributed by atoms with E-state index in [-0.39, 0.29) is 5.97 Å². The zero-order valence-electron chi connectivity index (χ0n) is 18.3. The summed E-state index contributed by atoms with van der Waals surface area (Å²) in [6, 6.07) is 7.56. The Kier molecular flexibility index (Phi) is 15.1. The molecule has 2 nitrogen and oxygen atoms in total. The van der Waals surface area contributed by atoms with E-state index in [0.717, 1.165) is 37.7 Å². The lowest BCUT2D eigenvalue weighted by Gasteiger charge is -2.03. The van der Waals surface area contributed by atoms with Crippen LogP contribution >= 0.6 is 0 Å². The van der Waals surface area contributed by atoms with Gasteiger partial charge in [-0.1, -0.05) is 86.1 Å². The maximum atomic E-state index is 11.8. The largest absolute Gasteiger partial charge is 0.427 e. The summed E-state index contributed by atoms with van der Waals surface area (Å²) in [7, 11) is 0. The van der Waals surface area contributed by atoms with Crippen molar-refractivity contribution in [2.45, 2.75) is 78.1 Å². The maximum Gasteiger partial charge on any atom is 0.311 e. The van der Waals surface area contributed by atoms with Crippen molar-refractivity contribution in [1.82, 2.24) is 0 Å². The van der Waals surface area contributed by atoms with E-state index in [4.69, 9.17) is 4.74 Å². The van der Waals surface area contributed by atoms with Crippen molar-refractivity contribution < 1.29 is 9.53 Å². The average molecular weight is 395 g/mol. The summed E-state index contributed by atoms with van der Waals surface area (Å²) >= 11 is 0. The van der Waals surface area contributed by atoms with E-state index in [9.17, 15) is 4.79 Å². The lowest BCUT2D eigenvalue weighted by Crippen LogP contribution is -2.07. The fraction of sp³-hybridized carbons (Fsp3) is 0.444. The minimum Gasteiger partial charge on any atom is -0.427 e. The van der Waals surface area contributed by atoms with E-state index >= 15 is 0 Å². The van der Waals surface area contributed by atoms with Gasteiger partial charge in [0.05, 0.1) is 0 Å². The zero-order chi connectivity index (χ0) is 21.0. The topological polar surface area (TPSA) is 26.3 Å². The number of ether oxygens (including phenoxy) is 1. The lowest BCUT2D eigenvalue weighted by atomic mass is 10.2. The van der Waals surface area contributed by atoms with Crippen molar-refractivity contribution in [3.63, 3.8) is 0 Å². The fourth-order valence-corrected chi connectivity index (χ4v) is 2.71. The number of aryl methyl sites for hydroxylation is 1. The molecule has 0 amide bonds. The number of esters is 1. The zero-order valence-corrected chi connectivity index (χ0v) is 18.3. The van der Waals surface area contributed by atoms with Crippen molar-refractivity contribution >= 4 is 5.97 Å². The van der Waals surface area contributed by atoms with Gasteiger partial charge in [-0.2, -0.15) is 0 Å². The number of rotatable bonds is 15. The summed E-state index contributed by atoms with van der Waals surface area (Å²) in [6.45, 7) is 4.25. The highest BCUT2D eigenvalue weighted by atomic mass is 16.5. The molecule has 0 aliphatic rings. The highest BCUT2D eigenvalue weighted by Gasteiger charge is 2.03. The molecule has 0 unspecified atom stereocenters. The summed E-state index contributed by atoms with van der Waals surface area (Å²) in [5.41, 5.74) is 1.16. The quantitative estimate of drug-likeness (QED) is 0.130. The molecule has 0 heterocycles. The molecule has 0 N–H and O–H groups in total. The molecule has 1 rings (SSSR count). The van der Waals surface area contributed by atoms with Crippen molar-refractivity contribution in [1.29, 1.82) is 0 Å². The van der Waals surface area contributed by atoms with Crippen LogP contribution < -0.4 is 4.74 Å². The number of allylic oxidation sites excluding steroid dienone is 8. The monoisotopic (exact) mass is 394 g/mol. The van der Waals surface area contributed by atoms with Gasteiger partial charge in [-0.15, -0.1) is 0 Å². The van der Waals surface area contributed by atoms with E-state index in [1.54, 1.807) is 0 Å². The average Bonchev–Trinajstić information content (AvgIpc) is 2.72. The van der Waals surface area contributed by atoms with Crippen LogP contribution in [0.1, 0.15) is 76.7 Å². The summed E-state index contributed by atoms with van der Waals surface area (Å²) in [5.74, 6) is 0.461. The predicted octanol–water partition coefficient (Wildman–Crippen LogP) is 8.05. The Bertz CT molecular complexity index is 648. The van der Waals surface area contributed by atoms with E-state index in [0.29, 0.717) is 12.2 Å². The van der Waals surface area contributed by atoms with Crippen LogP contribution in [0.4, 0.5) is 0 Å². The van der Waals surface area contributed by atoms with Crippen LogP contribution in [0.15, 0.2) is 72.9 Å². The molecule has 0 aliphatic carbocycles. The molecule has 0 aromatic heterocycles. The molecule has 2 heteroatoms. The first-order valence-electron chi connectivity index (χ1n) is 11.1. The van der Waals surface area contributed by atoms with Crippen molar-refractivity contribution in [3.05, 3.63) is 78.4 Å². The second-order valence-corrected chi connectivity index (χ2v) is 7.27. The number of carbonyl (C=O) groups is 1. The minimum absolute atomic E-state index is 0.162. The van der Waals surface area contributed by atoms with Crippen molar-refractivity contribution in [3.8, 4) is 5.75 Å². The summed E-state index contributed by atoms with van der Waals surface area (Å²) < 4.78 is 5.31. The molecule has 0 saturated carbocycles. The van der Waals surface area contributed by atoms with Crippen LogP contribution in [0, 0.1) is 6.92 Å². The Morgan fingerprint density at radius 2 is 1.28 bits per heavy atom. The molecular weight excluding hydrogens is 356 g/mol. The molecule has 0 fully saturated rings. The highest BCUT2D eigenvalue weighted by Crippen LogP contribution is 2.13. The van der Waals surface area contributed by atoms with Gasteiger partial charge in [0.25, 0.3) is 0 Å². The van der Waals surface area contributed by atoms with E-state index in [2.05, 4.69) is 55.5 Å². The second kappa shape index (κ2) is 17.7. The smallest absolute Gasteiger partial charge is 0.311 e.